The molecule has 10 heteroatoms. The molecule has 0 spiro atoms. The Morgan fingerprint density at radius 1 is 1.16 bits per heavy atom. The minimum absolute atomic E-state index is 0.0255. The van der Waals surface area contributed by atoms with Crippen molar-refractivity contribution in [2.24, 2.45) is 12.0 Å². The Morgan fingerprint density at radius 3 is 2.45 bits per heavy atom. The van der Waals surface area contributed by atoms with E-state index in [0.29, 0.717) is 49.4 Å². The van der Waals surface area contributed by atoms with Crippen molar-refractivity contribution in [1.82, 2.24) is 20.0 Å². The molecule has 3 rings (SSSR count). The summed E-state index contributed by atoms with van der Waals surface area (Å²) in [7, 11) is 6.77. The van der Waals surface area contributed by atoms with Gasteiger partial charge in [0.2, 0.25) is 5.91 Å². The zero-order chi connectivity index (χ0) is 22.2. The third kappa shape index (κ3) is 5.80. The summed E-state index contributed by atoms with van der Waals surface area (Å²) >= 11 is 0. The molecular formula is C21H30N6O4. The highest BCUT2D eigenvalue weighted by molar-refractivity contribution is 5.98. The Bertz CT molecular complexity index is 891. The molecule has 1 saturated heterocycles. The van der Waals surface area contributed by atoms with Crippen molar-refractivity contribution in [2.45, 2.75) is 6.42 Å². The fraction of sp³-hybridized carbons (Fsp3) is 0.476. The number of benzene rings is 1. The number of aromatic nitrogens is 2. The lowest BCUT2D eigenvalue weighted by Crippen LogP contribution is -2.55. The fourth-order valence-corrected chi connectivity index (χ4v) is 3.33. The van der Waals surface area contributed by atoms with Gasteiger partial charge in [-0.05, 0) is 6.42 Å². The summed E-state index contributed by atoms with van der Waals surface area (Å²) in [4.78, 5) is 20.6. The van der Waals surface area contributed by atoms with E-state index in [4.69, 9.17) is 14.2 Å². The van der Waals surface area contributed by atoms with E-state index in [-0.39, 0.29) is 12.5 Å². The van der Waals surface area contributed by atoms with Crippen LogP contribution in [0.3, 0.4) is 0 Å². The molecule has 0 aliphatic carbocycles. The molecule has 1 fully saturated rings. The second-order valence-electron chi connectivity index (χ2n) is 7.06. The van der Waals surface area contributed by atoms with Crippen LogP contribution in [0.5, 0.6) is 17.2 Å². The summed E-state index contributed by atoms with van der Waals surface area (Å²) in [6.45, 7) is 2.75. The molecule has 168 valence electrons. The van der Waals surface area contributed by atoms with Crippen LogP contribution in [0, 0.1) is 0 Å². The van der Waals surface area contributed by atoms with E-state index in [0.717, 1.165) is 12.1 Å². The summed E-state index contributed by atoms with van der Waals surface area (Å²) in [5.74, 6) is 2.79. The number of anilines is 1. The van der Waals surface area contributed by atoms with Crippen LogP contribution in [-0.4, -0.2) is 80.6 Å². The van der Waals surface area contributed by atoms with Gasteiger partial charge >= 0.3 is 0 Å². The first-order valence-corrected chi connectivity index (χ1v) is 10.1. The number of amides is 1. The van der Waals surface area contributed by atoms with Crippen molar-refractivity contribution in [3.63, 3.8) is 0 Å². The Hall–Kier alpha value is -3.43. The van der Waals surface area contributed by atoms with Gasteiger partial charge in [-0.25, -0.2) is 0 Å². The minimum atomic E-state index is 0.0255. The van der Waals surface area contributed by atoms with E-state index in [9.17, 15) is 4.79 Å². The number of guanidine groups is 1. The third-order valence-corrected chi connectivity index (χ3v) is 4.93. The van der Waals surface area contributed by atoms with Gasteiger partial charge in [-0.1, -0.05) is 0 Å². The van der Waals surface area contributed by atoms with Crippen LogP contribution in [0.25, 0.3) is 0 Å². The SMILES string of the molecule is CN=C(NCCCOc1cc(OC)cc(OC)c1)N1CCN(c2cnn(C)c2)C(=O)C1. The van der Waals surface area contributed by atoms with Crippen LogP contribution in [0.2, 0.25) is 0 Å². The highest BCUT2D eigenvalue weighted by Crippen LogP contribution is 2.27. The molecule has 2 heterocycles. The molecule has 0 radical (unpaired) electrons. The molecule has 1 N–H and O–H groups in total. The largest absolute Gasteiger partial charge is 0.496 e. The number of methoxy groups -OCH3 is 2. The molecule has 0 saturated carbocycles. The van der Waals surface area contributed by atoms with E-state index in [1.165, 1.54) is 0 Å². The maximum atomic E-state index is 12.6. The second-order valence-corrected chi connectivity index (χ2v) is 7.06. The fourth-order valence-electron chi connectivity index (χ4n) is 3.33. The zero-order valence-corrected chi connectivity index (χ0v) is 18.5. The van der Waals surface area contributed by atoms with Crippen LogP contribution in [0.1, 0.15) is 6.42 Å². The van der Waals surface area contributed by atoms with Gasteiger partial charge in [0.25, 0.3) is 0 Å². The number of rotatable bonds is 8. The second kappa shape index (κ2) is 10.6. The van der Waals surface area contributed by atoms with E-state index in [2.05, 4.69) is 15.4 Å². The Kier molecular flexibility index (Phi) is 7.58. The maximum Gasteiger partial charge on any atom is 0.246 e. The van der Waals surface area contributed by atoms with Crippen molar-refractivity contribution in [3.8, 4) is 17.2 Å². The standard InChI is InChI=1S/C21H30N6O4/c1-22-21(26-7-8-27(20(28)15-26)16-13-24-25(2)14-16)23-6-5-9-31-19-11-17(29-3)10-18(12-19)30-4/h10-14H,5-9,15H2,1-4H3,(H,22,23). The Balaban J connectivity index is 1.43. The van der Waals surface area contributed by atoms with Gasteiger partial charge in [0, 0.05) is 58.1 Å². The Morgan fingerprint density at radius 2 is 1.87 bits per heavy atom. The number of carbonyl (C=O) groups excluding carboxylic acids is 1. The molecule has 0 unspecified atom stereocenters. The quantitative estimate of drug-likeness (QED) is 0.381. The van der Waals surface area contributed by atoms with Crippen LogP contribution in [-0.2, 0) is 11.8 Å². The van der Waals surface area contributed by atoms with E-state index in [1.807, 2.05) is 30.3 Å². The zero-order valence-electron chi connectivity index (χ0n) is 18.5. The van der Waals surface area contributed by atoms with Crippen molar-refractivity contribution in [1.29, 1.82) is 0 Å². The minimum Gasteiger partial charge on any atom is -0.496 e. The van der Waals surface area contributed by atoms with E-state index in [1.54, 1.807) is 43.1 Å². The van der Waals surface area contributed by atoms with Gasteiger partial charge in [0.1, 0.15) is 23.8 Å². The molecule has 1 aliphatic heterocycles. The molecule has 10 nitrogen and oxygen atoms in total. The number of aliphatic imine (C=N–C) groups is 1. The lowest BCUT2D eigenvalue weighted by Gasteiger charge is -2.35. The summed E-state index contributed by atoms with van der Waals surface area (Å²) in [5, 5.41) is 7.45. The van der Waals surface area contributed by atoms with Gasteiger partial charge in [0.05, 0.1) is 32.7 Å². The summed E-state index contributed by atoms with van der Waals surface area (Å²) in [5.41, 5.74) is 0.821. The first-order valence-electron chi connectivity index (χ1n) is 10.1. The van der Waals surface area contributed by atoms with Crippen molar-refractivity contribution >= 4 is 17.6 Å². The molecule has 1 aliphatic rings. The highest BCUT2D eigenvalue weighted by Gasteiger charge is 2.27. The molecule has 1 aromatic carbocycles. The van der Waals surface area contributed by atoms with Crippen LogP contribution in [0.4, 0.5) is 5.69 Å². The average molecular weight is 431 g/mol. The predicted molar refractivity (Wildman–Crippen MR) is 118 cm³/mol. The van der Waals surface area contributed by atoms with Crippen LogP contribution >= 0.6 is 0 Å². The van der Waals surface area contributed by atoms with Crippen molar-refractivity contribution < 1.29 is 19.0 Å². The van der Waals surface area contributed by atoms with E-state index >= 15 is 0 Å². The monoisotopic (exact) mass is 430 g/mol. The number of ether oxygens (including phenoxy) is 3. The number of aryl methyl sites for hydroxylation is 1. The lowest BCUT2D eigenvalue weighted by molar-refractivity contribution is -0.120. The predicted octanol–water partition coefficient (Wildman–Crippen LogP) is 1.13. The van der Waals surface area contributed by atoms with E-state index < -0.39 is 0 Å². The molecular weight excluding hydrogens is 400 g/mol. The molecule has 31 heavy (non-hydrogen) atoms. The normalized spacial score (nSPS) is 14.6. The highest BCUT2D eigenvalue weighted by atomic mass is 16.5. The number of piperazine rings is 1. The van der Waals surface area contributed by atoms with Crippen LogP contribution < -0.4 is 24.4 Å². The smallest absolute Gasteiger partial charge is 0.246 e. The number of hydrogen-bond donors (Lipinski definition) is 1. The molecule has 0 bridgehead atoms. The number of carbonyl (C=O) groups is 1. The maximum absolute atomic E-state index is 12.6. The molecule has 1 amide bonds. The average Bonchev–Trinajstić information content (AvgIpc) is 3.21. The van der Waals surface area contributed by atoms with Gasteiger partial charge in [0.15, 0.2) is 5.96 Å². The van der Waals surface area contributed by atoms with Crippen molar-refractivity contribution in [3.05, 3.63) is 30.6 Å². The summed E-state index contributed by atoms with van der Waals surface area (Å²) in [6.07, 6.45) is 4.32. The topological polar surface area (TPSA) is 93.5 Å². The summed E-state index contributed by atoms with van der Waals surface area (Å²) < 4.78 is 18.0. The molecule has 1 aromatic heterocycles. The number of hydrogen-bond acceptors (Lipinski definition) is 6. The molecule has 0 atom stereocenters. The third-order valence-electron chi connectivity index (χ3n) is 4.93. The first kappa shape index (κ1) is 22.3. The van der Waals surface area contributed by atoms with Gasteiger partial charge in [-0.3, -0.25) is 14.5 Å². The lowest BCUT2D eigenvalue weighted by atomic mass is 10.3. The Labute approximate surface area is 182 Å². The van der Waals surface area contributed by atoms with Gasteiger partial charge in [-0.15, -0.1) is 0 Å². The molecule has 2 aromatic rings. The number of nitrogens with one attached hydrogen (secondary N) is 1. The first-order chi connectivity index (χ1) is 15.0. The van der Waals surface area contributed by atoms with Gasteiger partial charge in [-0.2, -0.15) is 5.10 Å². The van der Waals surface area contributed by atoms with Crippen molar-refractivity contribution in [2.75, 3.05) is 59.0 Å². The summed E-state index contributed by atoms with van der Waals surface area (Å²) in [6, 6.07) is 5.44. The van der Waals surface area contributed by atoms with Crippen LogP contribution in [0.15, 0.2) is 35.6 Å². The van der Waals surface area contributed by atoms with Gasteiger partial charge < -0.3 is 29.3 Å². The number of nitrogens with zero attached hydrogens (tertiary/aromatic N) is 5.